The predicted molar refractivity (Wildman–Crippen MR) is 102 cm³/mol. The van der Waals surface area contributed by atoms with Crippen LogP contribution in [0.1, 0.15) is 37.1 Å². The molecular formula is C18H23N3OS2. The van der Waals surface area contributed by atoms with Crippen molar-refractivity contribution < 1.29 is 4.79 Å². The molecule has 0 saturated carbocycles. The molecule has 0 aromatic carbocycles. The molecule has 2 aromatic rings. The van der Waals surface area contributed by atoms with Gasteiger partial charge in [0.2, 0.25) is 5.91 Å². The van der Waals surface area contributed by atoms with E-state index in [-0.39, 0.29) is 5.91 Å². The van der Waals surface area contributed by atoms with E-state index in [1.807, 2.05) is 18.7 Å². The molecule has 2 heterocycles. The Morgan fingerprint density at radius 2 is 2.17 bits per heavy atom. The van der Waals surface area contributed by atoms with Crippen LogP contribution in [-0.2, 0) is 17.6 Å². The van der Waals surface area contributed by atoms with E-state index in [1.165, 1.54) is 28.7 Å². The van der Waals surface area contributed by atoms with Gasteiger partial charge in [0.25, 0.3) is 0 Å². The molecule has 0 aliphatic heterocycles. The molecule has 0 radical (unpaired) electrons. The lowest BCUT2D eigenvalue weighted by atomic mass is 9.97. The fourth-order valence-corrected chi connectivity index (χ4v) is 5.32. The van der Waals surface area contributed by atoms with Gasteiger partial charge in [-0.05, 0) is 45.1 Å². The molecule has 1 aliphatic rings. The molecule has 1 amide bonds. The molecule has 6 heteroatoms. The van der Waals surface area contributed by atoms with Crippen LogP contribution >= 0.6 is 23.1 Å². The van der Waals surface area contributed by atoms with E-state index < -0.39 is 0 Å². The Morgan fingerprint density at radius 3 is 2.92 bits per heavy atom. The van der Waals surface area contributed by atoms with E-state index in [0.29, 0.717) is 18.8 Å². The van der Waals surface area contributed by atoms with Gasteiger partial charge in [-0.2, -0.15) is 0 Å². The van der Waals surface area contributed by atoms with Crippen LogP contribution < -0.4 is 0 Å². The molecule has 0 spiro atoms. The van der Waals surface area contributed by atoms with Crippen molar-refractivity contribution in [3.05, 3.63) is 28.9 Å². The lowest BCUT2D eigenvalue weighted by molar-refractivity contribution is -0.127. The minimum Gasteiger partial charge on any atom is -0.338 e. The van der Waals surface area contributed by atoms with Crippen LogP contribution in [-0.4, -0.2) is 39.6 Å². The van der Waals surface area contributed by atoms with E-state index in [4.69, 9.17) is 0 Å². The van der Waals surface area contributed by atoms with E-state index >= 15 is 0 Å². The van der Waals surface area contributed by atoms with E-state index in [9.17, 15) is 4.79 Å². The van der Waals surface area contributed by atoms with Crippen molar-refractivity contribution in [1.82, 2.24) is 14.9 Å². The normalized spacial score (nSPS) is 13.8. The van der Waals surface area contributed by atoms with Gasteiger partial charge in [-0.1, -0.05) is 23.9 Å². The summed E-state index contributed by atoms with van der Waals surface area (Å²) in [5.41, 5.74) is 2.43. The average Bonchev–Trinajstić information content (AvgIpc) is 2.96. The molecule has 0 fully saturated rings. The summed E-state index contributed by atoms with van der Waals surface area (Å²) < 4.78 is 0. The Balaban J connectivity index is 1.79. The Bertz CT molecular complexity index is 769. The second-order valence-corrected chi connectivity index (χ2v) is 8.27. The van der Waals surface area contributed by atoms with Crippen molar-refractivity contribution >= 4 is 39.2 Å². The molecule has 0 unspecified atom stereocenters. The highest BCUT2D eigenvalue weighted by Gasteiger charge is 2.21. The number of hydrogen-bond acceptors (Lipinski definition) is 5. The van der Waals surface area contributed by atoms with Crippen LogP contribution in [0.5, 0.6) is 0 Å². The van der Waals surface area contributed by atoms with Crippen molar-refractivity contribution in [2.45, 2.75) is 44.6 Å². The SMILES string of the molecule is C=C(C)CN(CC)C(=O)CSc1ncnc2sc3c(c12)CCCC3. The summed E-state index contributed by atoms with van der Waals surface area (Å²) in [6, 6.07) is 0. The van der Waals surface area contributed by atoms with Crippen LogP contribution in [0.25, 0.3) is 10.2 Å². The number of carbonyl (C=O) groups excluding carboxylic acids is 1. The smallest absolute Gasteiger partial charge is 0.233 e. The number of amides is 1. The molecule has 0 saturated heterocycles. The zero-order chi connectivity index (χ0) is 17.1. The lowest BCUT2D eigenvalue weighted by Gasteiger charge is -2.20. The highest BCUT2D eigenvalue weighted by molar-refractivity contribution is 8.00. The van der Waals surface area contributed by atoms with Crippen molar-refractivity contribution in [2.75, 3.05) is 18.8 Å². The Morgan fingerprint density at radius 1 is 1.38 bits per heavy atom. The predicted octanol–water partition coefficient (Wildman–Crippen LogP) is 4.09. The van der Waals surface area contributed by atoms with E-state index in [2.05, 4.69) is 16.5 Å². The summed E-state index contributed by atoms with van der Waals surface area (Å²) in [6.45, 7) is 9.20. The van der Waals surface area contributed by atoms with Gasteiger partial charge in [0.15, 0.2) is 0 Å². The van der Waals surface area contributed by atoms with Gasteiger partial charge in [-0.15, -0.1) is 11.3 Å². The monoisotopic (exact) mass is 361 g/mol. The van der Waals surface area contributed by atoms with Crippen molar-refractivity contribution in [2.24, 2.45) is 0 Å². The first-order chi connectivity index (χ1) is 11.6. The molecule has 0 N–H and O–H groups in total. The third-order valence-corrected chi connectivity index (χ3v) is 6.42. The number of likely N-dealkylation sites (N-methyl/N-ethyl adjacent to an activating group) is 1. The lowest BCUT2D eigenvalue weighted by Crippen LogP contribution is -2.33. The molecule has 24 heavy (non-hydrogen) atoms. The summed E-state index contributed by atoms with van der Waals surface area (Å²) in [7, 11) is 0. The number of hydrogen-bond donors (Lipinski definition) is 0. The third kappa shape index (κ3) is 3.64. The third-order valence-electron chi connectivity index (χ3n) is 4.24. The second-order valence-electron chi connectivity index (χ2n) is 6.22. The molecule has 128 valence electrons. The molecular weight excluding hydrogens is 338 g/mol. The van der Waals surface area contributed by atoms with Gasteiger partial charge in [-0.25, -0.2) is 9.97 Å². The number of aryl methyl sites for hydroxylation is 2. The van der Waals surface area contributed by atoms with E-state index in [1.54, 1.807) is 29.4 Å². The average molecular weight is 362 g/mol. The maximum atomic E-state index is 12.5. The van der Waals surface area contributed by atoms with Crippen LogP contribution in [0.4, 0.5) is 0 Å². The largest absolute Gasteiger partial charge is 0.338 e. The topological polar surface area (TPSA) is 46.1 Å². The Kier molecular flexibility index (Phi) is 5.56. The number of aromatic nitrogens is 2. The number of thioether (sulfide) groups is 1. The highest BCUT2D eigenvalue weighted by atomic mass is 32.2. The minimum absolute atomic E-state index is 0.140. The first-order valence-electron chi connectivity index (χ1n) is 8.40. The fraction of sp³-hybridized carbons (Fsp3) is 0.500. The molecule has 2 aromatic heterocycles. The number of fused-ring (bicyclic) bond motifs is 3. The van der Waals surface area contributed by atoms with Crippen LogP contribution in [0.2, 0.25) is 0 Å². The highest BCUT2D eigenvalue weighted by Crippen LogP contribution is 2.39. The number of nitrogens with zero attached hydrogens (tertiary/aromatic N) is 3. The van der Waals surface area contributed by atoms with Gasteiger partial charge >= 0.3 is 0 Å². The van der Waals surface area contributed by atoms with Crippen molar-refractivity contribution in [3.8, 4) is 0 Å². The van der Waals surface area contributed by atoms with Crippen molar-refractivity contribution in [3.63, 3.8) is 0 Å². The quantitative estimate of drug-likeness (QED) is 0.442. The zero-order valence-corrected chi connectivity index (χ0v) is 15.9. The Hall–Kier alpha value is -1.40. The van der Waals surface area contributed by atoms with Crippen LogP contribution in [0.15, 0.2) is 23.5 Å². The number of rotatable bonds is 6. The molecule has 4 nitrogen and oxygen atoms in total. The summed E-state index contributed by atoms with van der Waals surface area (Å²) in [5.74, 6) is 0.555. The standard InChI is InChI=1S/C18H23N3OS2/c1-4-21(9-12(2)3)15(22)10-23-17-16-13-7-5-6-8-14(13)24-18(16)20-11-19-17/h11H,2,4-10H2,1,3H3. The summed E-state index contributed by atoms with van der Waals surface area (Å²) in [5, 5.41) is 2.15. The molecule has 3 rings (SSSR count). The number of carbonyl (C=O) groups is 1. The summed E-state index contributed by atoms with van der Waals surface area (Å²) in [4.78, 5) is 25.8. The van der Waals surface area contributed by atoms with E-state index in [0.717, 1.165) is 28.3 Å². The molecule has 0 atom stereocenters. The maximum absolute atomic E-state index is 12.5. The summed E-state index contributed by atoms with van der Waals surface area (Å²) in [6.07, 6.45) is 6.39. The first kappa shape index (κ1) is 17.4. The van der Waals surface area contributed by atoms with Crippen LogP contribution in [0, 0.1) is 0 Å². The zero-order valence-electron chi connectivity index (χ0n) is 14.3. The number of thiophene rings is 1. The first-order valence-corrected chi connectivity index (χ1v) is 10.2. The van der Waals surface area contributed by atoms with Gasteiger partial charge in [-0.3, -0.25) is 4.79 Å². The van der Waals surface area contributed by atoms with Gasteiger partial charge in [0.1, 0.15) is 16.2 Å². The minimum atomic E-state index is 0.140. The van der Waals surface area contributed by atoms with Gasteiger partial charge in [0.05, 0.1) is 5.75 Å². The van der Waals surface area contributed by atoms with Gasteiger partial charge < -0.3 is 4.90 Å². The molecule has 0 bridgehead atoms. The molecule has 1 aliphatic carbocycles. The summed E-state index contributed by atoms with van der Waals surface area (Å²) >= 11 is 3.34. The van der Waals surface area contributed by atoms with Gasteiger partial charge in [0, 0.05) is 23.4 Å². The Labute approximate surface area is 151 Å². The maximum Gasteiger partial charge on any atom is 0.233 e. The second kappa shape index (κ2) is 7.66. The van der Waals surface area contributed by atoms with Crippen LogP contribution in [0.3, 0.4) is 0 Å². The fourth-order valence-electron chi connectivity index (χ4n) is 3.09. The van der Waals surface area contributed by atoms with Crippen molar-refractivity contribution in [1.29, 1.82) is 0 Å².